The third-order valence-corrected chi connectivity index (χ3v) is 6.12. The fraction of sp³-hybridized carbons (Fsp3) is 0.750. The van der Waals surface area contributed by atoms with Gasteiger partial charge in [-0.2, -0.15) is 16.9 Å². The predicted octanol–water partition coefficient (Wildman–Crippen LogP) is 1.08. The number of hydrogen-bond acceptors (Lipinski definition) is 5. The van der Waals surface area contributed by atoms with Crippen LogP contribution in [-0.2, 0) is 16.6 Å². The van der Waals surface area contributed by atoms with Gasteiger partial charge in [0.1, 0.15) is 0 Å². The van der Waals surface area contributed by atoms with Gasteiger partial charge >= 0.3 is 0 Å². The van der Waals surface area contributed by atoms with Crippen molar-refractivity contribution >= 4 is 21.8 Å². The SMILES string of the molecule is CCNCc1cn[nH]c1S(=O)(=O)NCC1CCCCS1. The highest BCUT2D eigenvalue weighted by Gasteiger charge is 2.22. The van der Waals surface area contributed by atoms with E-state index in [1.165, 1.54) is 12.8 Å². The Hall–Kier alpha value is -0.570. The van der Waals surface area contributed by atoms with E-state index in [2.05, 4.69) is 20.2 Å². The van der Waals surface area contributed by atoms with E-state index in [0.29, 0.717) is 23.9 Å². The van der Waals surface area contributed by atoms with Crippen molar-refractivity contribution in [3.63, 3.8) is 0 Å². The average molecular weight is 318 g/mol. The zero-order chi connectivity index (χ0) is 14.4. The zero-order valence-electron chi connectivity index (χ0n) is 11.7. The number of nitrogens with zero attached hydrogens (tertiary/aromatic N) is 1. The molecule has 0 aliphatic carbocycles. The molecule has 0 radical (unpaired) electrons. The minimum Gasteiger partial charge on any atom is -0.313 e. The van der Waals surface area contributed by atoms with Gasteiger partial charge in [-0.1, -0.05) is 13.3 Å². The largest absolute Gasteiger partial charge is 0.313 e. The highest BCUT2D eigenvalue weighted by molar-refractivity contribution is 8.00. The number of aromatic nitrogens is 2. The van der Waals surface area contributed by atoms with Crippen molar-refractivity contribution in [3.05, 3.63) is 11.8 Å². The number of nitrogens with one attached hydrogen (secondary N) is 3. The fourth-order valence-electron chi connectivity index (χ4n) is 2.16. The van der Waals surface area contributed by atoms with Gasteiger partial charge in [0.05, 0.1) is 6.20 Å². The van der Waals surface area contributed by atoms with Crippen LogP contribution in [-0.4, -0.2) is 42.7 Å². The molecule has 3 N–H and O–H groups in total. The Kier molecular flexibility index (Phi) is 5.88. The van der Waals surface area contributed by atoms with Crippen molar-refractivity contribution in [1.29, 1.82) is 0 Å². The number of aromatic amines is 1. The summed E-state index contributed by atoms with van der Waals surface area (Å²) in [6.45, 7) is 3.76. The van der Waals surface area contributed by atoms with Crippen molar-refractivity contribution in [2.45, 2.75) is 43.0 Å². The lowest BCUT2D eigenvalue weighted by Gasteiger charge is -2.21. The Morgan fingerprint density at radius 2 is 2.35 bits per heavy atom. The Morgan fingerprint density at radius 1 is 1.50 bits per heavy atom. The van der Waals surface area contributed by atoms with Gasteiger partial charge in [0.25, 0.3) is 10.0 Å². The van der Waals surface area contributed by atoms with Crippen molar-refractivity contribution in [2.75, 3.05) is 18.8 Å². The molecule has 1 aliphatic rings. The number of thioether (sulfide) groups is 1. The first kappa shape index (κ1) is 15.8. The van der Waals surface area contributed by atoms with Crippen LogP contribution in [0.5, 0.6) is 0 Å². The summed E-state index contributed by atoms with van der Waals surface area (Å²) in [5.74, 6) is 1.13. The van der Waals surface area contributed by atoms with Crippen molar-refractivity contribution in [3.8, 4) is 0 Å². The third kappa shape index (κ3) is 4.21. The second kappa shape index (κ2) is 7.44. The molecule has 8 heteroatoms. The van der Waals surface area contributed by atoms with Crippen LogP contribution in [0.25, 0.3) is 0 Å². The second-order valence-corrected chi connectivity index (χ2v) is 7.96. The average Bonchev–Trinajstić information content (AvgIpc) is 2.93. The number of rotatable bonds is 7. The predicted molar refractivity (Wildman–Crippen MR) is 81.3 cm³/mol. The number of hydrogen-bond donors (Lipinski definition) is 3. The first-order valence-electron chi connectivity index (χ1n) is 6.97. The summed E-state index contributed by atoms with van der Waals surface area (Å²) < 4.78 is 27.3. The van der Waals surface area contributed by atoms with Gasteiger partial charge in [0, 0.05) is 23.9 Å². The quantitative estimate of drug-likeness (QED) is 0.700. The van der Waals surface area contributed by atoms with Crippen LogP contribution in [0.15, 0.2) is 11.2 Å². The van der Waals surface area contributed by atoms with E-state index in [0.717, 1.165) is 18.7 Å². The lowest BCUT2D eigenvalue weighted by Crippen LogP contribution is -2.33. The summed E-state index contributed by atoms with van der Waals surface area (Å²) in [5.41, 5.74) is 0.677. The van der Waals surface area contributed by atoms with E-state index < -0.39 is 10.0 Å². The Morgan fingerprint density at radius 3 is 3.05 bits per heavy atom. The third-order valence-electron chi connectivity index (χ3n) is 3.29. The standard InChI is InChI=1S/C12H22N4O2S2/c1-2-13-7-10-8-14-16-12(10)20(17,18)15-9-11-5-3-4-6-19-11/h8,11,13,15H,2-7,9H2,1H3,(H,14,16). The number of sulfonamides is 1. The van der Waals surface area contributed by atoms with Gasteiger partial charge in [0.15, 0.2) is 5.03 Å². The molecule has 0 saturated carbocycles. The van der Waals surface area contributed by atoms with E-state index in [1.807, 2.05) is 18.7 Å². The second-order valence-electron chi connectivity index (χ2n) is 4.85. The lowest BCUT2D eigenvalue weighted by molar-refractivity contribution is 0.567. The minimum absolute atomic E-state index is 0.180. The molecule has 20 heavy (non-hydrogen) atoms. The number of H-pyrrole nitrogens is 1. The highest BCUT2D eigenvalue weighted by Crippen LogP contribution is 2.24. The van der Waals surface area contributed by atoms with Gasteiger partial charge in [-0.05, 0) is 25.1 Å². The van der Waals surface area contributed by atoms with Crippen LogP contribution >= 0.6 is 11.8 Å². The molecule has 1 unspecified atom stereocenters. The van der Waals surface area contributed by atoms with E-state index in [9.17, 15) is 8.42 Å². The van der Waals surface area contributed by atoms with Gasteiger partial charge < -0.3 is 5.32 Å². The maximum atomic E-state index is 12.3. The Bertz CT molecular complexity index is 509. The summed E-state index contributed by atoms with van der Waals surface area (Å²) in [7, 11) is -3.50. The molecule has 1 fully saturated rings. The van der Waals surface area contributed by atoms with Crippen LogP contribution in [0.3, 0.4) is 0 Å². The van der Waals surface area contributed by atoms with E-state index >= 15 is 0 Å². The normalized spacial score (nSPS) is 20.1. The van der Waals surface area contributed by atoms with Crippen LogP contribution in [0.2, 0.25) is 0 Å². The molecular weight excluding hydrogens is 296 g/mol. The Balaban J connectivity index is 1.97. The lowest BCUT2D eigenvalue weighted by atomic mass is 10.2. The molecule has 1 atom stereocenters. The van der Waals surface area contributed by atoms with Crippen LogP contribution in [0.1, 0.15) is 31.7 Å². The summed E-state index contributed by atoms with van der Waals surface area (Å²) in [6.07, 6.45) is 5.07. The molecule has 1 aromatic heterocycles. The molecule has 2 heterocycles. The van der Waals surface area contributed by atoms with E-state index in [-0.39, 0.29) is 5.03 Å². The summed E-state index contributed by atoms with van der Waals surface area (Å²) in [4.78, 5) is 0. The topological polar surface area (TPSA) is 86.9 Å². The molecule has 6 nitrogen and oxygen atoms in total. The summed E-state index contributed by atoms with van der Waals surface area (Å²) in [5, 5.41) is 10.1. The van der Waals surface area contributed by atoms with Gasteiger partial charge in [-0.15, -0.1) is 0 Å². The van der Waals surface area contributed by atoms with Gasteiger partial charge in [0.2, 0.25) is 0 Å². The Labute approximate surface area is 124 Å². The maximum absolute atomic E-state index is 12.3. The monoisotopic (exact) mass is 318 g/mol. The van der Waals surface area contributed by atoms with Crippen LogP contribution in [0, 0.1) is 0 Å². The molecular formula is C12H22N4O2S2. The molecule has 2 rings (SSSR count). The van der Waals surface area contributed by atoms with Gasteiger partial charge in [-0.3, -0.25) is 5.10 Å². The van der Waals surface area contributed by atoms with Gasteiger partial charge in [-0.25, -0.2) is 13.1 Å². The first-order valence-corrected chi connectivity index (χ1v) is 9.51. The first-order chi connectivity index (χ1) is 9.63. The molecule has 0 spiro atoms. The van der Waals surface area contributed by atoms with Crippen molar-refractivity contribution in [1.82, 2.24) is 20.2 Å². The zero-order valence-corrected chi connectivity index (χ0v) is 13.3. The van der Waals surface area contributed by atoms with E-state index in [1.54, 1.807) is 6.20 Å². The van der Waals surface area contributed by atoms with Crippen LogP contribution < -0.4 is 10.0 Å². The van der Waals surface area contributed by atoms with Crippen LogP contribution in [0.4, 0.5) is 0 Å². The highest BCUT2D eigenvalue weighted by atomic mass is 32.2. The molecule has 1 saturated heterocycles. The molecule has 0 aromatic carbocycles. The molecule has 0 amide bonds. The molecule has 114 valence electrons. The van der Waals surface area contributed by atoms with Crippen molar-refractivity contribution < 1.29 is 8.42 Å². The van der Waals surface area contributed by atoms with E-state index in [4.69, 9.17) is 0 Å². The molecule has 0 bridgehead atoms. The fourth-order valence-corrected chi connectivity index (χ4v) is 4.71. The smallest absolute Gasteiger partial charge is 0.257 e. The minimum atomic E-state index is -3.50. The maximum Gasteiger partial charge on any atom is 0.257 e. The summed E-state index contributed by atoms with van der Waals surface area (Å²) >= 11 is 1.85. The molecule has 1 aliphatic heterocycles. The van der Waals surface area contributed by atoms with Crippen molar-refractivity contribution in [2.24, 2.45) is 0 Å². The molecule has 1 aromatic rings. The summed E-state index contributed by atoms with van der Waals surface area (Å²) in [6, 6.07) is 0.